The Balaban J connectivity index is 1.94. The first-order chi connectivity index (χ1) is 9.06. The average Bonchev–Trinajstić information content (AvgIpc) is 2.77. The summed E-state index contributed by atoms with van der Waals surface area (Å²) >= 11 is 1.44. The van der Waals surface area contributed by atoms with E-state index in [4.69, 9.17) is 5.73 Å². The van der Waals surface area contributed by atoms with Crippen LogP contribution in [0.4, 0.5) is 11.4 Å². The molecule has 19 heavy (non-hydrogen) atoms. The van der Waals surface area contributed by atoms with Crippen molar-refractivity contribution in [3.63, 3.8) is 0 Å². The van der Waals surface area contributed by atoms with Gasteiger partial charge in [0.25, 0.3) is 0 Å². The molecule has 100 valence electrons. The van der Waals surface area contributed by atoms with Gasteiger partial charge in [0.1, 0.15) is 0 Å². The highest BCUT2D eigenvalue weighted by Crippen LogP contribution is 2.23. The lowest BCUT2D eigenvalue weighted by Crippen LogP contribution is -2.16. The number of anilines is 2. The number of thioether (sulfide) groups is 1. The zero-order valence-corrected chi connectivity index (χ0v) is 11.7. The van der Waals surface area contributed by atoms with Crippen molar-refractivity contribution >= 4 is 29.0 Å². The number of aryl methyl sites for hydroxylation is 2. The van der Waals surface area contributed by atoms with Crippen molar-refractivity contribution in [2.24, 2.45) is 7.05 Å². The Morgan fingerprint density at radius 1 is 1.53 bits per heavy atom. The summed E-state index contributed by atoms with van der Waals surface area (Å²) in [5, 5.41) is 6.89. The lowest BCUT2D eigenvalue weighted by molar-refractivity contribution is -0.113. The van der Waals surface area contributed by atoms with Crippen molar-refractivity contribution in [3.8, 4) is 0 Å². The van der Waals surface area contributed by atoms with Crippen LogP contribution in [0.15, 0.2) is 35.5 Å². The molecule has 0 aliphatic carbocycles. The lowest BCUT2D eigenvalue weighted by atomic mass is 10.1. The van der Waals surface area contributed by atoms with Crippen LogP contribution in [0.25, 0.3) is 0 Å². The molecule has 0 radical (unpaired) electrons. The third-order valence-corrected chi connectivity index (χ3v) is 3.57. The lowest BCUT2D eigenvalue weighted by Gasteiger charge is -2.10. The van der Waals surface area contributed by atoms with Gasteiger partial charge in [-0.1, -0.05) is 12.1 Å². The number of carbonyl (C=O) groups excluding carboxylic acids is 1. The molecule has 2 rings (SSSR count). The highest BCUT2D eigenvalue weighted by atomic mass is 32.2. The quantitative estimate of drug-likeness (QED) is 0.662. The van der Waals surface area contributed by atoms with E-state index in [0.717, 1.165) is 10.5 Å². The van der Waals surface area contributed by atoms with Gasteiger partial charge in [-0.25, -0.2) is 0 Å². The number of aromatic nitrogens is 2. The summed E-state index contributed by atoms with van der Waals surface area (Å²) in [5.41, 5.74) is 8.08. The molecule has 0 unspecified atom stereocenters. The predicted octanol–water partition coefficient (Wildman–Crippen LogP) is 2.04. The smallest absolute Gasteiger partial charge is 0.234 e. The number of hydrogen-bond donors (Lipinski definition) is 2. The van der Waals surface area contributed by atoms with Gasteiger partial charge in [-0.3, -0.25) is 9.48 Å². The summed E-state index contributed by atoms with van der Waals surface area (Å²) in [6.45, 7) is 1.92. The van der Waals surface area contributed by atoms with Crippen LogP contribution in [-0.2, 0) is 11.8 Å². The molecule has 0 aliphatic heterocycles. The Morgan fingerprint density at radius 2 is 2.32 bits per heavy atom. The number of nitrogens with one attached hydrogen (secondary N) is 1. The SMILES string of the molecule is Cc1cccc(N)c1NC(=O)CSc1cnn(C)c1. The monoisotopic (exact) mass is 276 g/mol. The van der Waals surface area contributed by atoms with Crippen molar-refractivity contribution in [2.45, 2.75) is 11.8 Å². The molecule has 0 aliphatic rings. The van der Waals surface area contributed by atoms with E-state index in [9.17, 15) is 4.79 Å². The summed E-state index contributed by atoms with van der Waals surface area (Å²) in [7, 11) is 1.85. The van der Waals surface area contributed by atoms with Crippen molar-refractivity contribution in [2.75, 3.05) is 16.8 Å². The van der Waals surface area contributed by atoms with Gasteiger partial charge in [-0.2, -0.15) is 5.10 Å². The fourth-order valence-corrected chi connectivity index (χ4v) is 2.38. The summed E-state index contributed by atoms with van der Waals surface area (Å²) < 4.78 is 1.71. The Morgan fingerprint density at radius 3 is 2.95 bits per heavy atom. The number of amides is 1. The first-order valence-corrected chi connectivity index (χ1v) is 6.81. The second kappa shape index (κ2) is 5.79. The molecule has 0 saturated heterocycles. The van der Waals surface area contributed by atoms with Crippen LogP contribution in [0.2, 0.25) is 0 Å². The van der Waals surface area contributed by atoms with Crippen LogP contribution in [0.1, 0.15) is 5.56 Å². The number of nitrogen functional groups attached to an aromatic ring is 1. The molecule has 1 amide bonds. The maximum atomic E-state index is 11.9. The molecular weight excluding hydrogens is 260 g/mol. The molecule has 0 saturated carbocycles. The standard InChI is InChI=1S/C13H16N4OS/c1-9-4-3-5-11(14)13(9)16-12(18)8-19-10-6-15-17(2)7-10/h3-7H,8,14H2,1-2H3,(H,16,18). The number of para-hydroxylation sites is 1. The summed E-state index contributed by atoms with van der Waals surface area (Å²) in [4.78, 5) is 12.9. The minimum atomic E-state index is -0.0742. The first-order valence-electron chi connectivity index (χ1n) is 5.82. The fourth-order valence-electron chi connectivity index (χ4n) is 1.66. The molecule has 0 atom stereocenters. The van der Waals surface area contributed by atoms with Crippen LogP contribution < -0.4 is 11.1 Å². The van der Waals surface area contributed by atoms with Crippen molar-refractivity contribution in [1.82, 2.24) is 9.78 Å². The van der Waals surface area contributed by atoms with E-state index in [1.165, 1.54) is 11.8 Å². The molecule has 3 N–H and O–H groups in total. The van der Waals surface area contributed by atoms with E-state index in [2.05, 4.69) is 10.4 Å². The van der Waals surface area contributed by atoms with E-state index in [1.54, 1.807) is 16.9 Å². The molecule has 1 heterocycles. The van der Waals surface area contributed by atoms with Gasteiger partial charge in [0.05, 0.1) is 23.3 Å². The van der Waals surface area contributed by atoms with Gasteiger partial charge < -0.3 is 11.1 Å². The van der Waals surface area contributed by atoms with Gasteiger partial charge in [0.2, 0.25) is 5.91 Å². The molecule has 1 aromatic heterocycles. The highest BCUT2D eigenvalue weighted by molar-refractivity contribution is 8.00. The van der Waals surface area contributed by atoms with Gasteiger partial charge in [-0.15, -0.1) is 11.8 Å². The highest BCUT2D eigenvalue weighted by Gasteiger charge is 2.08. The zero-order chi connectivity index (χ0) is 13.8. The summed E-state index contributed by atoms with van der Waals surface area (Å²) in [5.74, 6) is 0.259. The van der Waals surface area contributed by atoms with Crippen LogP contribution in [0.3, 0.4) is 0 Å². The number of hydrogen-bond acceptors (Lipinski definition) is 4. The Hall–Kier alpha value is -1.95. The average molecular weight is 276 g/mol. The summed E-state index contributed by atoms with van der Waals surface area (Å²) in [6.07, 6.45) is 3.61. The third kappa shape index (κ3) is 3.51. The van der Waals surface area contributed by atoms with E-state index >= 15 is 0 Å². The molecular formula is C13H16N4OS. The minimum Gasteiger partial charge on any atom is -0.397 e. The second-order valence-corrected chi connectivity index (χ2v) is 5.27. The third-order valence-electron chi connectivity index (χ3n) is 2.62. The van der Waals surface area contributed by atoms with Gasteiger partial charge >= 0.3 is 0 Å². The predicted molar refractivity (Wildman–Crippen MR) is 78.2 cm³/mol. The normalized spacial score (nSPS) is 10.4. The molecule has 2 aromatic rings. The van der Waals surface area contributed by atoms with E-state index in [0.29, 0.717) is 17.1 Å². The van der Waals surface area contributed by atoms with Crippen LogP contribution in [0, 0.1) is 6.92 Å². The van der Waals surface area contributed by atoms with Crippen molar-refractivity contribution in [3.05, 3.63) is 36.2 Å². The molecule has 6 heteroatoms. The maximum absolute atomic E-state index is 11.9. The summed E-state index contributed by atoms with van der Waals surface area (Å²) in [6, 6.07) is 5.56. The topological polar surface area (TPSA) is 72.9 Å². The number of carbonyl (C=O) groups is 1. The van der Waals surface area contributed by atoms with Gasteiger partial charge in [-0.05, 0) is 18.6 Å². The molecule has 5 nitrogen and oxygen atoms in total. The van der Waals surface area contributed by atoms with Gasteiger partial charge in [0, 0.05) is 18.1 Å². The fraction of sp³-hybridized carbons (Fsp3) is 0.231. The minimum absolute atomic E-state index is 0.0742. The number of rotatable bonds is 4. The first kappa shape index (κ1) is 13.5. The Bertz CT molecular complexity index is 574. The molecule has 0 spiro atoms. The number of benzene rings is 1. The maximum Gasteiger partial charge on any atom is 0.234 e. The van der Waals surface area contributed by atoms with Crippen LogP contribution in [-0.4, -0.2) is 21.4 Å². The number of nitrogens with zero attached hydrogens (tertiary/aromatic N) is 2. The Kier molecular flexibility index (Phi) is 4.11. The Labute approximate surface area is 116 Å². The molecule has 0 bridgehead atoms. The van der Waals surface area contributed by atoms with Crippen LogP contribution >= 0.6 is 11.8 Å². The van der Waals surface area contributed by atoms with Gasteiger partial charge in [0.15, 0.2) is 0 Å². The van der Waals surface area contributed by atoms with E-state index < -0.39 is 0 Å². The van der Waals surface area contributed by atoms with E-state index in [-0.39, 0.29) is 5.91 Å². The van der Waals surface area contributed by atoms with Crippen molar-refractivity contribution < 1.29 is 4.79 Å². The molecule has 0 fully saturated rings. The molecule has 1 aromatic carbocycles. The van der Waals surface area contributed by atoms with Crippen LogP contribution in [0.5, 0.6) is 0 Å². The van der Waals surface area contributed by atoms with Crippen molar-refractivity contribution in [1.29, 1.82) is 0 Å². The zero-order valence-electron chi connectivity index (χ0n) is 10.9. The largest absolute Gasteiger partial charge is 0.397 e. The number of nitrogens with two attached hydrogens (primary N) is 1. The van der Waals surface area contributed by atoms with E-state index in [1.807, 2.05) is 32.3 Å². The second-order valence-electron chi connectivity index (χ2n) is 4.23.